The Kier molecular flexibility index (Phi) is 6.93. The second-order valence-corrected chi connectivity index (χ2v) is 7.57. The predicted octanol–water partition coefficient (Wildman–Crippen LogP) is 4.61. The zero-order chi connectivity index (χ0) is 12.6. The van der Waals surface area contributed by atoms with E-state index in [0.717, 1.165) is 23.8 Å². The van der Waals surface area contributed by atoms with Crippen LogP contribution in [0.5, 0.6) is 0 Å². The molecule has 0 aromatic carbocycles. The number of hydrogen-bond donors (Lipinski definition) is 1. The number of hydrogen-bond acceptors (Lipinski definition) is 2. The van der Waals surface area contributed by atoms with Crippen LogP contribution in [0.2, 0.25) is 0 Å². The van der Waals surface area contributed by atoms with Crippen LogP contribution >= 0.6 is 11.8 Å². The van der Waals surface area contributed by atoms with Crippen LogP contribution in [0.15, 0.2) is 0 Å². The molecule has 0 aliphatic heterocycles. The lowest BCUT2D eigenvalue weighted by Crippen LogP contribution is -2.33. The van der Waals surface area contributed by atoms with E-state index in [2.05, 4.69) is 24.0 Å². The van der Waals surface area contributed by atoms with Crippen molar-refractivity contribution >= 4 is 11.8 Å². The molecule has 0 bridgehead atoms. The van der Waals surface area contributed by atoms with Crippen molar-refractivity contribution in [3.63, 3.8) is 0 Å². The summed E-state index contributed by atoms with van der Waals surface area (Å²) >= 11 is 2.27. The molecule has 1 N–H and O–H groups in total. The molecule has 2 aliphatic rings. The Labute approximate surface area is 118 Å². The van der Waals surface area contributed by atoms with E-state index in [1.807, 2.05) is 0 Å². The summed E-state index contributed by atoms with van der Waals surface area (Å²) in [6.07, 6.45) is 14.8. The van der Waals surface area contributed by atoms with Gasteiger partial charge in [-0.25, -0.2) is 0 Å². The van der Waals surface area contributed by atoms with Crippen LogP contribution in [-0.4, -0.2) is 23.6 Å². The molecule has 2 fully saturated rings. The van der Waals surface area contributed by atoms with Gasteiger partial charge in [-0.05, 0) is 31.7 Å². The molecule has 1 unspecified atom stereocenters. The van der Waals surface area contributed by atoms with Crippen molar-refractivity contribution in [1.29, 1.82) is 0 Å². The first-order valence-corrected chi connectivity index (χ1v) is 9.28. The normalized spacial score (nSPS) is 24.5. The SMILES string of the molecule is CCNC(CSC1CCCCC1)CC1CCCC1. The molecule has 0 radical (unpaired) electrons. The van der Waals surface area contributed by atoms with Crippen molar-refractivity contribution in [3.05, 3.63) is 0 Å². The van der Waals surface area contributed by atoms with E-state index < -0.39 is 0 Å². The van der Waals surface area contributed by atoms with Gasteiger partial charge in [0, 0.05) is 17.0 Å². The van der Waals surface area contributed by atoms with Crippen molar-refractivity contribution in [3.8, 4) is 0 Å². The Hall–Kier alpha value is 0.310. The van der Waals surface area contributed by atoms with Crippen molar-refractivity contribution < 1.29 is 0 Å². The van der Waals surface area contributed by atoms with Gasteiger partial charge in [-0.3, -0.25) is 0 Å². The van der Waals surface area contributed by atoms with Crippen molar-refractivity contribution in [1.82, 2.24) is 5.32 Å². The van der Waals surface area contributed by atoms with E-state index in [1.54, 1.807) is 0 Å². The lowest BCUT2D eigenvalue weighted by atomic mass is 9.99. The summed E-state index contributed by atoms with van der Waals surface area (Å²) in [5.74, 6) is 2.38. The second kappa shape index (κ2) is 8.47. The number of rotatable bonds is 7. The highest BCUT2D eigenvalue weighted by Crippen LogP contribution is 2.32. The molecule has 0 heterocycles. The number of thioether (sulfide) groups is 1. The van der Waals surface area contributed by atoms with Crippen LogP contribution < -0.4 is 5.32 Å². The molecule has 2 aliphatic carbocycles. The van der Waals surface area contributed by atoms with Crippen LogP contribution in [0.25, 0.3) is 0 Å². The Morgan fingerprint density at radius 3 is 2.33 bits per heavy atom. The summed E-state index contributed by atoms with van der Waals surface area (Å²) < 4.78 is 0. The third-order valence-corrected chi connectivity index (χ3v) is 6.21. The Morgan fingerprint density at radius 2 is 1.67 bits per heavy atom. The van der Waals surface area contributed by atoms with Crippen LogP contribution in [0.1, 0.15) is 71.1 Å². The van der Waals surface area contributed by atoms with Gasteiger partial charge in [0.2, 0.25) is 0 Å². The standard InChI is InChI=1S/C16H31NS/c1-2-17-15(12-14-8-6-7-9-14)13-18-16-10-4-3-5-11-16/h14-17H,2-13H2,1H3. The second-order valence-electron chi connectivity index (χ2n) is 6.23. The van der Waals surface area contributed by atoms with E-state index in [4.69, 9.17) is 0 Å². The Bertz CT molecular complexity index is 207. The van der Waals surface area contributed by atoms with Gasteiger partial charge in [-0.15, -0.1) is 0 Å². The fourth-order valence-corrected chi connectivity index (χ4v) is 5.06. The average molecular weight is 269 g/mol. The summed E-state index contributed by atoms with van der Waals surface area (Å²) in [5, 5.41) is 4.70. The highest BCUT2D eigenvalue weighted by molar-refractivity contribution is 7.99. The maximum Gasteiger partial charge on any atom is 0.0160 e. The van der Waals surface area contributed by atoms with Gasteiger partial charge in [-0.1, -0.05) is 51.9 Å². The fraction of sp³-hybridized carbons (Fsp3) is 1.00. The fourth-order valence-electron chi connectivity index (χ4n) is 3.63. The summed E-state index contributed by atoms with van der Waals surface area (Å²) in [4.78, 5) is 0. The molecule has 1 nitrogen and oxygen atoms in total. The van der Waals surface area contributed by atoms with E-state index in [9.17, 15) is 0 Å². The molecule has 0 amide bonds. The molecule has 0 aromatic rings. The van der Waals surface area contributed by atoms with E-state index in [1.165, 1.54) is 70.0 Å². The van der Waals surface area contributed by atoms with Crippen LogP contribution in [0.3, 0.4) is 0 Å². The molecule has 18 heavy (non-hydrogen) atoms. The first-order chi connectivity index (χ1) is 8.88. The zero-order valence-electron chi connectivity index (χ0n) is 12.1. The number of nitrogens with one attached hydrogen (secondary N) is 1. The lowest BCUT2D eigenvalue weighted by Gasteiger charge is -2.26. The third-order valence-electron chi connectivity index (χ3n) is 4.67. The molecule has 0 saturated heterocycles. The Morgan fingerprint density at radius 1 is 1.00 bits per heavy atom. The molecule has 106 valence electrons. The highest BCUT2D eigenvalue weighted by atomic mass is 32.2. The largest absolute Gasteiger partial charge is 0.313 e. The smallest absolute Gasteiger partial charge is 0.0160 e. The maximum absolute atomic E-state index is 3.73. The van der Waals surface area contributed by atoms with Crippen molar-refractivity contribution in [2.75, 3.05) is 12.3 Å². The van der Waals surface area contributed by atoms with Gasteiger partial charge in [0.05, 0.1) is 0 Å². The molecule has 2 rings (SSSR count). The van der Waals surface area contributed by atoms with Crippen LogP contribution in [0, 0.1) is 5.92 Å². The minimum absolute atomic E-state index is 0.782. The van der Waals surface area contributed by atoms with Gasteiger partial charge in [0.15, 0.2) is 0 Å². The van der Waals surface area contributed by atoms with Gasteiger partial charge in [0.1, 0.15) is 0 Å². The van der Waals surface area contributed by atoms with Gasteiger partial charge < -0.3 is 5.32 Å². The maximum atomic E-state index is 3.73. The first kappa shape index (κ1) is 14.7. The molecule has 2 heteroatoms. The monoisotopic (exact) mass is 269 g/mol. The van der Waals surface area contributed by atoms with Crippen molar-refractivity contribution in [2.45, 2.75) is 82.4 Å². The molecule has 0 aromatic heterocycles. The first-order valence-electron chi connectivity index (χ1n) is 8.23. The van der Waals surface area contributed by atoms with Gasteiger partial charge in [-0.2, -0.15) is 11.8 Å². The molecule has 0 spiro atoms. The highest BCUT2D eigenvalue weighted by Gasteiger charge is 2.21. The van der Waals surface area contributed by atoms with E-state index in [0.29, 0.717) is 0 Å². The molecule has 2 saturated carbocycles. The summed E-state index contributed by atoms with van der Waals surface area (Å²) in [7, 11) is 0. The van der Waals surface area contributed by atoms with E-state index >= 15 is 0 Å². The van der Waals surface area contributed by atoms with Crippen LogP contribution in [-0.2, 0) is 0 Å². The zero-order valence-corrected chi connectivity index (χ0v) is 12.9. The van der Waals surface area contributed by atoms with E-state index in [-0.39, 0.29) is 0 Å². The Balaban J connectivity index is 1.67. The van der Waals surface area contributed by atoms with Gasteiger partial charge >= 0.3 is 0 Å². The van der Waals surface area contributed by atoms with Crippen LogP contribution in [0.4, 0.5) is 0 Å². The summed E-state index contributed by atoms with van der Waals surface area (Å²) in [6.45, 7) is 3.40. The topological polar surface area (TPSA) is 12.0 Å². The third kappa shape index (κ3) is 5.13. The molecular weight excluding hydrogens is 238 g/mol. The molecular formula is C16H31NS. The van der Waals surface area contributed by atoms with Gasteiger partial charge in [0.25, 0.3) is 0 Å². The minimum atomic E-state index is 0.782. The summed E-state index contributed by atoms with van der Waals surface area (Å²) in [5.41, 5.74) is 0. The quantitative estimate of drug-likeness (QED) is 0.724. The molecule has 1 atom stereocenters. The lowest BCUT2D eigenvalue weighted by molar-refractivity contribution is 0.414. The van der Waals surface area contributed by atoms with Crippen molar-refractivity contribution in [2.24, 2.45) is 5.92 Å². The minimum Gasteiger partial charge on any atom is -0.313 e. The summed E-state index contributed by atoms with van der Waals surface area (Å²) in [6, 6.07) is 0.782. The average Bonchev–Trinajstić information content (AvgIpc) is 2.90. The predicted molar refractivity (Wildman–Crippen MR) is 83.4 cm³/mol.